The van der Waals surface area contributed by atoms with Crippen LogP contribution in [0.4, 0.5) is 0 Å². The molecule has 1 aliphatic rings. The van der Waals surface area contributed by atoms with Crippen molar-refractivity contribution in [2.75, 3.05) is 6.54 Å². The van der Waals surface area contributed by atoms with E-state index in [4.69, 9.17) is 17.2 Å². The standard InChI is InChI=1S/C3H9N3O/c4-1-3(6)2(5)7-3/h2H,1,4-6H2. The van der Waals surface area contributed by atoms with E-state index in [2.05, 4.69) is 4.74 Å². The molecule has 2 unspecified atom stereocenters. The second-order valence-electron chi connectivity index (χ2n) is 1.70. The Kier molecular flexibility index (Phi) is 0.829. The molecule has 1 rings (SSSR count). The van der Waals surface area contributed by atoms with Gasteiger partial charge in [0.2, 0.25) is 0 Å². The normalized spacial score (nSPS) is 49.3. The van der Waals surface area contributed by atoms with Crippen molar-refractivity contribution < 1.29 is 4.74 Å². The first-order valence-electron chi connectivity index (χ1n) is 2.11. The smallest absolute Gasteiger partial charge is 0.171 e. The molecule has 0 radical (unpaired) electrons. The van der Waals surface area contributed by atoms with Gasteiger partial charge in [0.15, 0.2) is 12.0 Å². The minimum absolute atomic E-state index is 0.300. The van der Waals surface area contributed by atoms with Gasteiger partial charge in [-0.25, -0.2) is 0 Å². The summed E-state index contributed by atoms with van der Waals surface area (Å²) in [6, 6.07) is 0. The number of nitrogens with two attached hydrogens (primary N) is 3. The number of hydrogen-bond acceptors (Lipinski definition) is 4. The topological polar surface area (TPSA) is 90.6 Å². The van der Waals surface area contributed by atoms with Crippen LogP contribution in [0, 0.1) is 0 Å². The van der Waals surface area contributed by atoms with Crippen molar-refractivity contribution in [3.8, 4) is 0 Å². The van der Waals surface area contributed by atoms with E-state index in [1.165, 1.54) is 0 Å². The van der Waals surface area contributed by atoms with Crippen LogP contribution in [0.15, 0.2) is 0 Å². The second-order valence-corrected chi connectivity index (χ2v) is 1.70. The van der Waals surface area contributed by atoms with Crippen LogP contribution < -0.4 is 17.2 Å². The van der Waals surface area contributed by atoms with Gasteiger partial charge >= 0.3 is 0 Å². The summed E-state index contributed by atoms with van der Waals surface area (Å²) in [7, 11) is 0. The summed E-state index contributed by atoms with van der Waals surface area (Å²) in [6.45, 7) is 0.300. The van der Waals surface area contributed by atoms with E-state index in [-0.39, 0.29) is 6.23 Å². The summed E-state index contributed by atoms with van der Waals surface area (Å²) in [6.07, 6.45) is -0.336. The zero-order chi connectivity index (χ0) is 5.49. The van der Waals surface area contributed by atoms with Gasteiger partial charge in [-0.05, 0) is 0 Å². The molecular formula is C3H9N3O. The van der Waals surface area contributed by atoms with Crippen LogP contribution in [0.25, 0.3) is 0 Å². The van der Waals surface area contributed by atoms with Crippen molar-refractivity contribution in [1.29, 1.82) is 0 Å². The average Bonchev–Trinajstić information content (AvgIpc) is 2.18. The molecular weight excluding hydrogens is 94.1 g/mol. The third kappa shape index (κ3) is 0.614. The van der Waals surface area contributed by atoms with Crippen molar-refractivity contribution in [1.82, 2.24) is 0 Å². The van der Waals surface area contributed by atoms with E-state index < -0.39 is 5.72 Å². The van der Waals surface area contributed by atoms with Crippen LogP contribution in [0.3, 0.4) is 0 Å². The van der Waals surface area contributed by atoms with Crippen LogP contribution in [0.2, 0.25) is 0 Å². The lowest BCUT2D eigenvalue weighted by Crippen LogP contribution is -2.38. The SMILES string of the molecule is NCC1(N)OC1N. The summed E-state index contributed by atoms with van der Waals surface area (Å²) in [4.78, 5) is 0. The molecule has 0 aromatic heterocycles. The minimum atomic E-state index is -0.694. The molecule has 4 nitrogen and oxygen atoms in total. The lowest BCUT2D eigenvalue weighted by Gasteiger charge is -1.95. The maximum absolute atomic E-state index is 5.32. The number of hydrogen-bond donors (Lipinski definition) is 3. The van der Waals surface area contributed by atoms with Gasteiger partial charge in [0.25, 0.3) is 0 Å². The highest BCUT2D eigenvalue weighted by Crippen LogP contribution is 2.23. The molecule has 0 bridgehead atoms. The first-order chi connectivity index (χ1) is 3.19. The van der Waals surface area contributed by atoms with Crippen molar-refractivity contribution in [3.05, 3.63) is 0 Å². The molecule has 0 saturated carbocycles. The molecule has 0 aromatic rings. The summed E-state index contributed by atoms with van der Waals surface area (Å²) in [5.41, 5.74) is 14.9. The average molecular weight is 103 g/mol. The van der Waals surface area contributed by atoms with Crippen LogP contribution >= 0.6 is 0 Å². The van der Waals surface area contributed by atoms with Crippen LogP contribution in [0.1, 0.15) is 0 Å². The third-order valence-corrected chi connectivity index (χ3v) is 1.09. The van der Waals surface area contributed by atoms with E-state index >= 15 is 0 Å². The van der Waals surface area contributed by atoms with E-state index in [9.17, 15) is 0 Å². The maximum atomic E-state index is 5.32. The molecule has 42 valence electrons. The molecule has 1 heterocycles. The van der Waals surface area contributed by atoms with Crippen molar-refractivity contribution in [2.45, 2.75) is 12.0 Å². The monoisotopic (exact) mass is 103 g/mol. The van der Waals surface area contributed by atoms with E-state index in [0.29, 0.717) is 6.54 Å². The Morgan fingerprint density at radius 2 is 2.14 bits per heavy atom. The Labute approximate surface area is 41.6 Å². The van der Waals surface area contributed by atoms with Crippen molar-refractivity contribution >= 4 is 0 Å². The molecule has 0 spiro atoms. The minimum Gasteiger partial charge on any atom is -0.333 e. The number of ether oxygens (including phenoxy) is 1. The summed E-state index contributed by atoms with van der Waals surface area (Å²) in [5, 5.41) is 0. The molecule has 4 heteroatoms. The summed E-state index contributed by atoms with van der Waals surface area (Å²) in [5.74, 6) is 0. The van der Waals surface area contributed by atoms with E-state index in [1.54, 1.807) is 0 Å². The molecule has 1 aliphatic heterocycles. The highest BCUT2D eigenvalue weighted by atomic mass is 16.6. The second kappa shape index (κ2) is 1.16. The first kappa shape index (κ1) is 4.99. The Morgan fingerprint density at radius 3 is 2.14 bits per heavy atom. The lowest BCUT2D eigenvalue weighted by molar-refractivity contribution is 0.304. The van der Waals surface area contributed by atoms with Gasteiger partial charge in [0, 0.05) is 6.54 Å². The van der Waals surface area contributed by atoms with Gasteiger partial charge in [0.05, 0.1) is 0 Å². The fourth-order valence-electron chi connectivity index (χ4n) is 0.367. The zero-order valence-corrected chi connectivity index (χ0v) is 3.92. The molecule has 0 amide bonds. The predicted molar refractivity (Wildman–Crippen MR) is 25.0 cm³/mol. The third-order valence-electron chi connectivity index (χ3n) is 1.09. The molecule has 2 atom stereocenters. The molecule has 6 N–H and O–H groups in total. The molecule has 7 heavy (non-hydrogen) atoms. The molecule has 0 aromatic carbocycles. The number of epoxide rings is 1. The van der Waals surface area contributed by atoms with Crippen LogP contribution in [-0.4, -0.2) is 18.5 Å². The fourth-order valence-corrected chi connectivity index (χ4v) is 0.367. The van der Waals surface area contributed by atoms with Gasteiger partial charge in [-0.1, -0.05) is 0 Å². The summed E-state index contributed by atoms with van der Waals surface area (Å²) < 4.78 is 4.68. The predicted octanol–water partition coefficient (Wildman–Crippen LogP) is -2.08. The fraction of sp³-hybridized carbons (Fsp3) is 1.00. The maximum Gasteiger partial charge on any atom is 0.171 e. The first-order valence-corrected chi connectivity index (χ1v) is 2.11. The van der Waals surface area contributed by atoms with Crippen LogP contribution in [0.5, 0.6) is 0 Å². The van der Waals surface area contributed by atoms with Crippen LogP contribution in [-0.2, 0) is 4.74 Å². The quantitative estimate of drug-likeness (QED) is 0.332. The lowest BCUT2D eigenvalue weighted by atomic mass is 10.3. The molecule has 1 saturated heterocycles. The zero-order valence-electron chi connectivity index (χ0n) is 3.92. The van der Waals surface area contributed by atoms with Gasteiger partial charge in [-0.15, -0.1) is 0 Å². The van der Waals surface area contributed by atoms with Gasteiger partial charge in [-0.2, -0.15) is 0 Å². The van der Waals surface area contributed by atoms with Crippen molar-refractivity contribution in [2.24, 2.45) is 17.2 Å². The van der Waals surface area contributed by atoms with Gasteiger partial charge < -0.3 is 16.2 Å². The largest absolute Gasteiger partial charge is 0.333 e. The Balaban J connectivity index is 2.36. The van der Waals surface area contributed by atoms with E-state index in [1.807, 2.05) is 0 Å². The molecule has 1 fully saturated rings. The Hall–Kier alpha value is -0.160. The molecule has 0 aliphatic carbocycles. The highest BCUT2D eigenvalue weighted by molar-refractivity contribution is 4.93. The highest BCUT2D eigenvalue weighted by Gasteiger charge is 2.49. The van der Waals surface area contributed by atoms with Gasteiger partial charge in [-0.3, -0.25) is 5.73 Å². The van der Waals surface area contributed by atoms with Gasteiger partial charge in [0.1, 0.15) is 0 Å². The van der Waals surface area contributed by atoms with Crippen molar-refractivity contribution in [3.63, 3.8) is 0 Å². The Bertz CT molecular complexity index is 82.2. The number of rotatable bonds is 1. The van der Waals surface area contributed by atoms with E-state index in [0.717, 1.165) is 0 Å². The Morgan fingerprint density at radius 1 is 1.71 bits per heavy atom. The summed E-state index contributed by atoms with van der Waals surface area (Å²) >= 11 is 0.